The molecule has 0 aliphatic heterocycles. The van der Waals surface area contributed by atoms with E-state index in [1.807, 2.05) is 6.07 Å². The molecule has 3 nitrogen and oxygen atoms in total. The van der Waals surface area contributed by atoms with Crippen LogP contribution in [0.2, 0.25) is 0 Å². The van der Waals surface area contributed by atoms with Crippen LogP contribution in [0.4, 0.5) is 0 Å². The summed E-state index contributed by atoms with van der Waals surface area (Å²) >= 11 is 0. The predicted molar refractivity (Wildman–Crippen MR) is 39.6 cm³/mol. The third kappa shape index (κ3) is 2.34. The van der Waals surface area contributed by atoms with E-state index in [0.29, 0.717) is 18.1 Å². The van der Waals surface area contributed by atoms with Crippen LogP contribution in [0, 0.1) is 17.2 Å². The molecule has 0 rings (SSSR count). The second kappa shape index (κ2) is 4.40. The fourth-order valence-electron chi connectivity index (χ4n) is 0.674. The van der Waals surface area contributed by atoms with Gasteiger partial charge in [-0.25, -0.2) is 0 Å². The molecule has 58 valence electrons. The van der Waals surface area contributed by atoms with E-state index in [4.69, 9.17) is 5.26 Å². The number of rotatable bonds is 3. The van der Waals surface area contributed by atoms with Crippen LogP contribution in [-0.2, 0) is 9.59 Å². The largest absolute Gasteiger partial charge is 0.298 e. The molecule has 1 unspecified atom stereocenters. The summed E-state index contributed by atoms with van der Waals surface area (Å²) in [4.78, 5) is 20.5. The average molecular weight is 151 g/mol. The van der Waals surface area contributed by atoms with E-state index < -0.39 is 5.92 Å². The van der Waals surface area contributed by atoms with Gasteiger partial charge in [-0.2, -0.15) is 5.26 Å². The molecule has 1 atom stereocenters. The number of allylic oxidation sites excluding steroid dienone is 2. The Labute approximate surface area is 65.3 Å². The standard InChI is InChI=1S/C8H9NO2/c1-6(3-9)8(5-11)7(2)4-10/h4-6H,1-2H3/b8-7+. The van der Waals surface area contributed by atoms with Gasteiger partial charge in [0.15, 0.2) is 0 Å². The van der Waals surface area contributed by atoms with Gasteiger partial charge in [0.1, 0.15) is 12.6 Å². The van der Waals surface area contributed by atoms with Crippen molar-refractivity contribution >= 4 is 12.6 Å². The molecule has 0 aromatic carbocycles. The highest BCUT2D eigenvalue weighted by Gasteiger charge is 2.08. The molecule has 0 radical (unpaired) electrons. The number of carbonyl (C=O) groups is 2. The average Bonchev–Trinajstić information content (AvgIpc) is 2.05. The first-order chi connectivity index (χ1) is 5.17. The zero-order valence-electron chi connectivity index (χ0n) is 6.50. The van der Waals surface area contributed by atoms with Crippen LogP contribution in [0.25, 0.3) is 0 Å². The van der Waals surface area contributed by atoms with Gasteiger partial charge in [0, 0.05) is 5.57 Å². The first-order valence-corrected chi connectivity index (χ1v) is 3.18. The van der Waals surface area contributed by atoms with E-state index in [1.54, 1.807) is 6.92 Å². The Kier molecular flexibility index (Phi) is 3.82. The molecule has 0 aromatic rings. The lowest BCUT2D eigenvalue weighted by molar-refractivity contribution is -0.107. The number of carbonyl (C=O) groups excluding carboxylic acids is 2. The topological polar surface area (TPSA) is 57.9 Å². The molecule has 11 heavy (non-hydrogen) atoms. The number of aldehydes is 2. The van der Waals surface area contributed by atoms with Gasteiger partial charge in [-0.05, 0) is 19.4 Å². The Morgan fingerprint density at radius 2 is 2.00 bits per heavy atom. The van der Waals surface area contributed by atoms with Crippen molar-refractivity contribution in [3.05, 3.63) is 11.1 Å². The van der Waals surface area contributed by atoms with Gasteiger partial charge >= 0.3 is 0 Å². The maximum absolute atomic E-state index is 10.3. The third-order valence-electron chi connectivity index (χ3n) is 1.42. The van der Waals surface area contributed by atoms with Gasteiger partial charge in [0.2, 0.25) is 0 Å². The monoisotopic (exact) mass is 151 g/mol. The zero-order chi connectivity index (χ0) is 8.85. The molecular formula is C8H9NO2. The molecule has 0 N–H and O–H groups in total. The van der Waals surface area contributed by atoms with Crippen molar-refractivity contribution in [2.45, 2.75) is 13.8 Å². The molecule has 0 heterocycles. The van der Waals surface area contributed by atoms with Gasteiger partial charge in [-0.15, -0.1) is 0 Å². The third-order valence-corrected chi connectivity index (χ3v) is 1.42. The van der Waals surface area contributed by atoms with Crippen LogP contribution in [0.15, 0.2) is 11.1 Å². The Balaban J connectivity index is 4.82. The molecule has 0 aliphatic rings. The fraction of sp³-hybridized carbons (Fsp3) is 0.375. The maximum Gasteiger partial charge on any atom is 0.147 e. The van der Waals surface area contributed by atoms with E-state index in [9.17, 15) is 9.59 Å². The minimum Gasteiger partial charge on any atom is -0.298 e. The molecule has 0 aliphatic carbocycles. The normalized spacial score (nSPS) is 14.3. The van der Waals surface area contributed by atoms with E-state index in [1.165, 1.54) is 6.92 Å². The van der Waals surface area contributed by atoms with Crippen LogP contribution >= 0.6 is 0 Å². The maximum atomic E-state index is 10.3. The Hall–Kier alpha value is -1.43. The van der Waals surface area contributed by atoms with Gasteiger partial charge in [0.25, 0.3) is 0 Å². The summed E-state index contributed by atoms with van der Waals surface area (Å²) in [6.45, 7) is 3.10. The first kappa shape index (κ1) is 9.57. The number of hydrogen-bond acceptors (Lipinski definition) is 3. The van der Waals surface area contributed by atoms with E-state index >= 15 is 0 Å². The highest BCUT2D eigenvalue weighted by atomic mass is 16.1. The molecule has 0 bridgehead atoms. The summed E-state index contributed by atoms with van der Waals surface area (Å²) < 4.78 is 0. The highest BCUT2D eigenvalue weighted by Crippen LogP contribution is 2.09. The lowest BCUT2D eigenvalue weighted by atomic mass is 10.00. The van der Waals surface area contributed by atoms with Crippen LogP contribution in [0.5, 0.6) is 0 Å². The van der Waals surface area contributed by atoms with E-state index in [2.05, 4.69) is 0 Å². The van der Waals surface area contributed by atoms with Crippen molar-refractivity contribution in [1.82, 2.24) is 0 Å². The van der Waals surface area contributed by atoms with Gasteiger partial charge < -0.3 is 0 Å². The summed E-state index contributed by atoms with van der Waals surface area (Å²) in [5.41, 5.74) is 0.594. The van der Waals surface area contributed by atoms with Crippen molar-refractivity contribution in [3.8, 4) is 6.07 Å². The Bertz CT molecular complexity index is 235. The summed E-state index contributed by atoms with van der Waals surface area (Å²) in [5.74, 6) is -0.502. The summed E-state index contributed by atoms with van der Waals surface area (Å²) in [6, 6.07) is 1.88. The first-order valence-electron chi connectivity index (χ1n) is 3.18. The summed E-state index contributed by atoms with van der Waals surface area (Å²) in [5, 5.41) is 8.42. The Morgan fingerprint density at radius 1 is 1.45 bits per heavy atom. The molecule has 0 saturated heterocycles. The van der Waals surface area contributed by atoms with Crippen LogP contribution in [0.3, 0.4) is 0 Å². The molecule has 0 spiro atoms. The van der Waals surface area contributed by atoms with Crippen molar-refractivity contribution < 1.29 is 9.59 Å². The number of nitrogens with zero attached hydrogens (tertiary/aromatic N) is 1. The molecular weight excluding hydrogens is 142 g/mol. The van der Waals surface area contributed by atoms with Crippen molar-refractivity contribution in [1.29, 1.82) is 5.26 Å². The minimum absolute atomic E-state index is 0.266. The second-order valence-electron chi connectivity index (χ2n) is 2.22. The molecule has 0 aromatic heterocycles. The minimum atomic E-state index is -0.502. The predicted octanol–water partition coefficient (Wildman–Crippen LogP) is 0.860. The molecule has 3 heteroatoms. The summed E-state index contributed by atoms with van der Waals surface area (Å²) in [6.07, 6.45) is 1.13. The van der Waals surface area contributed by atoms with E-state index in [-0.39, 0.29) is 5.57 Å². The molecule has 0 fully saturated rings. The van der Waals surface area contributed by atoms with Crippen molar-refractivity contribution in [2.24, 2.45) is 5.92 Å². The SMILES string of the molecule is C/C(C=O)=C(/C=O)C(C)C#N. The van der Waals surface area contributed by atoms with Crippen LogP contribution < -0.4 is 0 Å². The molecule has 0 saturated carbocycles. The van der Waals surface area contributed by atoms with E-state index in [0.717, 1.165) is 0 Å². The zero-order valence-corrected chi connectivity index (χ0v) is 6.50. The lowest BCUT2D eigenvalue weighted by Crippen LogP contribution is -2.01. The quantitative estimate of drug-likeness (QED) is 0.444. The van der Waals surface area contributed by atoms with Crippen LogP contribution in [0.1, 0.15) is 13.8 Å². The number of hydrogen-bond donors (Lipinski definition) is 0. The lowest BCUT2D eigenvalue weighted by Gasteiger charge is -2.01. The fourth-order valence-corrected chi connectivity index (χ4v) is 0.674. The van der Waals surface area contributed by atoms with Crippen LogP contribution in [-0.4, -0.2) is 12.6 Å². The molecule has 0 amide bonds. The van der Waals surface area contributed by atoms with Gasteiger partial charge in [0.05, 0.1) is 12.0 Å². The van der Waals surface area contributed by atoms with Crippen molar-refractivity contribution in [2.75, 3.05) is 0 Å². The smallest absolute Gasteiger partial charge is 0.147 e. The van der Waals surface area contributed by atoms with Crippen molar-refractivity contribution in [3.63, 3.8) is 0 Å². The number of nitriles is 1. The second-order valence-corrected chi connectivity index (χ2v) is 2.22. The van der Waals surface area contributed by atoms with Gasteiger partial charge in [-0.3, -0.25) is 9.59 Å². The summed E-state index contributed by atoms with van der Waals surface area (Å²) in [7, 11) is 0. The van der Waals surface area contributed by atoms with Gasteiger partial charge in [-0.1, -0.05) is 0 Å². The highest BCUT2D eigenvalue weighted by molar-refractivity contribution is 5.87. The Morgan fingerprint density at radius 3 is 2.27 bits per heavy atom.